The summed E-state index contributed by atoms with van der Waals surface area (Å²) in [4.78, 5) is 13.5. The number of carbonyl (C=O) groups excluding carboxylic acids is 1. The van der Waals surface area contributed by atoms with E-state index in [9.17, 15) is 9.18 Å². The van der Waals surface area contributed by atoms with Gasteiger partial charge in [-0.3, -0.25) is 4.79 Å². The minimum atomic E-state index is -0.424. The molecule has 0 fully saturated rings. The first-order chi connectivity index (χ1) is 10.5. The largest absolute Gasteiger partial charge is 0.484 e. The van der Waals surface area contributed by atoms with Crippen LogP contribution in [0, 0.1) is 12.7 Å². The molecule has 3 nitrogen and oxygen atoms in total. The second-order valence-corrected chi connectivity index (χ2v) is 5.41. The Bertz CT molecular complexity index is 655. The number of hydrogen-bond acceptors (Lipinski definition) is 2. The van der Waals surface area contributed by atoms with Gasteiger partial charge in [-0.25, -0.2) is 4.39 Å². The average Bonchev–Trinajstić information content (AvgIpc) is 2.49. The molecule has 0 saturated heterocycles. The molecule has 0 heterocycles. The molecule has 0 aliphatic carbocycles. The normalized spacial score (nSPS) is 10.4. The van der Waals surface area contributed by atoms with E-state index in [4.69, 9.17) is 16.3 Å². The lowest BCUT2D eigenvalue weighted by Crippen LogP contribution is -2.31. The molecule has 0 radical (unpaired) electrons. The van der Waals surface area contributed by atoms with Crippen molar-refractivity contribution in [2.24, 2.45) is 0 Å². The van der Waals surface area contributed by atoms with Crippen molar-refractivity contribution in [2.75, 3.05) is 13.7 Å². The molecule has 0 spiro atoms. The first-order valence-corrected chi connectivity index (χ1v) is 7.22. The molecule has 2 aromatic carbocycles. The molecule has 0 aliphatic heterocycles. The van der Waals surface area contributed by atoms with Gasteiger partial charge in [0, 0.05) is 24.2 Å². The number of nitrogens with zero attached hydrogens (tertiary/aromatic N) is 1. The molecule has 0 aliphatic rings. The summed E-state index contributed by atoms with van der Waals surface area (Å²) in [6.07, 6.45) is 0. The minimum Gasteiger partial charge on any atom is -0.484 e. The standard InChI is InChI=1S/C17H17ClFNO2/c1-12-6-3-4-9-16(12)22-11-17(21)20(2)10-13-14(18)7-5-8-15(13)19/h3-9H,10-11H2,1-2H3. The first-order valence-electron chi connectivity index (χ1n) is 6.84. The smallest absolute Gasteiger partial charge is 0.260 e. The summed E-state index contributed by atoms with van der Waals surface area (Å²) in [6, 6.07) is 11.9. The Morgan fingerprint density at radius 3 is 2.64 bits per heavy atom. The van der Waals surface area contributed by atoms with E-state index >= 15 is 0 Å². The molecular weight excluding hydrogens is 305 g/mol. The van der Waals surface area contributed by atoms with Gasteiger partial charge in [0.25, 0.3) is 5.91 Å². The fourth-order valence-electron chi connectivity index (χ4n) is 1.98. The topological polar surface area (TPSA) is 29.5 Å². The molecule has 5 heteroatoms. The van der Waals surface area contributed by atoms with Gasteiger partial charge in [0.05, 0.1) is 0 Å². The molecule has 2 aromatic rings. The van der Waals surface area contributed by atoms with Crippen LogP contribution >= 0.6 is 11.6 Å². The second-order valence-electron chi connectivity index (χ2n) is 5.00. The highest BCUT2D eigenvalue weighted by atomic mass is 35.5. The second kappa shape index (κ2) is 7.27. The fourth-order valence-corrected chi connectivity index (χ4v) is 2.20. The summed E-state index contributed by atoms with van der Waals surface area (Å²) < 4.78 is 19.2. The van der Waals surface area contributed by atoms with Gasteiger partial charge in [-0.2, -0.15) is 0 Å². The predicted octanol–water partition coefficient (Wildman–Crippen LogP) is 3.82. The Morgan fingerprint density at radius 1 is 1.23 bits per heavy atom. The van der Waals surface area contributed by atoms with Gasteiger partial charge in [0.2, 0.25) is 0 Å². The molecule has 116 valence electrons. The van der Waals surface area contributed by atoms with Crippen LogP contribution < -0.4 is 4.74 Å². The quantitative estimate of drug-likeness (QED) is 0.837. The van der Waals surface area contributed by atoms with E-state index in [2.05, 4.69) is 0 Å². The number of halogens is 2. The maximum Gasteiger partial charge on any atom is 0.260 e. The van der Waals surface area contributed by atoms with Gasteiger partial charge in [0.15, 0.2) is 6.61 Å². The Labute approximate surface area is 134 Å². The van der Waals surface area contributed by atoms with Crippen molar-refractivity contribution in [1.82, 2.24) is 4.90 Å². The van der Waals surface area contributed by atoms with Gasteiger partial charge < -0.3 is 9.64 Å². The zero-order valence-electron chi connectivity index (χ0n) is 12.5. The summed E-state index contributed by atoms with van der Waals surface area (Å²) in [5, 5.41) is 0.305. The fraction of sp³-hybridized carbons (Fsp3) is 0.235. The van der Waals surface area contributed by atoms with Crippen LogP contribution in [0.25, 0.3) is 0 Å². The van der Waals surface area contributed by atoms with Crippen LogP contribution in [0.15, 0.2) is 42.5 Å². The molecule has 22 heavy (non-hydrogen) atoms. The molecule has 2 rings (SSSR count). The van der Waals surface area contributed by atoms with E-state index < -0.39 is 5.82 Å². The van der Waals surface area contributed by atoms with E-state index in [0.29, 0.717) is 16.3 Å². The maximum absolute atomic E-state index is 13.7. The van der Waals surface area contributed by atoms with Crippen LogP contribution in [0.2, 0.25) is 5.02 Å². The van der Waals surface area contributed by atoms with E-state index in [0.717, 1.165) is 5.56 Å². The molecule has 1 amide bonds. The number of carbonyl (C=O) groups is 1. The van der Waals surface area contributed by atoms with Crippen LogP contribution in [0.1, 0.15) is 11.1 Å². The van der Waals surface area contributed by atoms with Crippen LogP contribution in [0.3, 0.4) is 0 Å². The maximum atomic E-state index is 13.7. The number of hydrogen-bond donors (Lipinski definition) is 0. The molecule has 0 N–H and O–H groups in total. The summed E-state index contributed by atoms with van der Waals surface area (Å²) in [5.41, 5.74) is 1.26. The van der Waals surface area contributed by atoms with Crippen molar-refractivity contribution in [3.8, 4) is 5.75 Å². The number of amides is 1. The van der Waals surface area contributed by atoms with E-state index in [1.165, 1.54) is 17.0 Å². The molecule has 0 atom stereocenters. The van der Waals surface area contributed by atoms with Crippen molar-refractivity contribution in [1.29, 1.82) is 0 Å². The number of rotatable bonds is 5. The van der Waals surface area contributed by atoms with Gasteiger partial charge in [-0.15, -0.1) is 0 Å². The highest BCUT2D eigenvalue weighted by molar-refractivity contribution is 6.31. The molecule has 0 bridgehead atoms. The third kappa shape index (κ3) is 3.98. The Balaban J connectivity index is 1.97. The van der Waals surface area contributed by atoms with Gasteiger partial charge >= 0.3 is 0 Å². The Morgan fingerprint density at radius 2 is 1.95 bits per heavy atom. The highest BCUT2D eigenvalue weighted by Gasteiger charge is 2.15. The van der Waals surface area contributed by atoms with Crippen LogP contribution in [-0.2, 0) is 11.3 Å². The molecule has 0 aromatic heterocycles. The van der Waals surface area contributed by atoms with Crippen molar-refractivity contribution in [3.05, 3.63) is 64.4 Å². The number of ether oxygens (including phenoxy) is 1. The summed E-state index contributed by atoms with van der Waals surface area (Å²) in [6.45, 7) is 1.90. The molecular formula is C17H17ClFNO2. The number of likely N-dealkylation sites (N-methyl/N-ethyl adjacent to an activating group) is 1. The number of para-hydroxylation sites is 1. The zero-order chi connectivity index (χ0) is 16.1. The Kier molecular flexibility index (Phi) is 5.39. The van der Waals surface area contributed by atoms with E-state index in [1.807, 2.05) is 25.1 Å². The lowest BCUT2D eigenvalue weighted by atomic mass is 10.2. The SMILES string of the molecule is Cc1ccccc1OCC(=O)N(C)Cc1c(F)cccc1Cl. The molecule has 0 saturated carbocycles. The zero-order valence-corrected chi connectivity index (χ0v) is 13.2. The monoisotopic (exact) mass is 321 g/mol. The van der Waals surface area contributed by atoms with Crippen molar-refractivity contribution >= 4 is 17.5 Å². The van der Waals surface area contributed by atoms with Crippen LogP contribution in [-0.4, -0.2) is 24.5 Å². The summed E-state index contributed by atoms with van der Waals surface area (Å²) in [5.74, 6) is -0.0114. The van der Waals surface area contributed by atoms with E-state index in [1.54, 1.807) is 19.2 Å². The van der Waals surface area contributed by atoms with Crippen LogP contribution in [0.5, 0.6) is 5.75 Å². The van der Waals surface area contributed by atoms with Gasteiger partial charge in [0.1, 0.15) is 11.6 Å². The third-order valence-electron chi connectivity index (χ3n) is 3.33. The Hall–Kier alpha value is -2.07. The van der Waals surface area contributed by atoms with Crippen molar-refractivity contribution in [2.45, 2.75) is 13.5 Å². The number of benzene rings is 2. The average molecular weight is 322 g/mol. The third-order valence-corrected chi connectivity index (χ3v) is 3.68. The van der Waals surface area contributed by atoms with Crippen LogP contribution in [0.4, 0.5) is 4.39 Å². The highest BCUT2D eigenvalue weighted by Crippen LogP contribution is 2.20. The first kappa shape index (κ1) is 16.3. The minimum absolute atomic E-state index is 0.0987. The summed E-state index contributed by atoms with van der Waals surface area (Å²) in [7, 11) is 1.59. The summed E-state index contributed by atoms with van der Waals surface area (Å²) >= 11 is 5.96. The van der Waals surface area contributed by atoms with Gasteiger partial charge in [-0.1, -0.05) is 35.9 Å². The molecule has 0 unspecified atom stereocenters. The van der Waals surface area contributed by atoms with Crippen molar-refractivity contribution in [3.63, 3.8) is 0 Å². The predicted molar refractivity (Wildman–Crippen MR) is 84.6 cm³/mol. The number of aryl methyl sites for hydroxylation is 1. The lowest BCUT2D eigenvalue weighted by Gasteiger charge is -2.19. The van der Waals surface area contributed by atoms with Gasteiger partial charge in [-0.05, 0) is 30.7 Å². The van der Waals surface area contributed by atoms with E-state index in [-0.39, 0.29) is 19.1 Å². The van der Waals surface area contributed by atoms with Crippen molar-refractivity contribution < 1.29 is 13.9 Å². The lowest BCUT2D eigenvalue weighted by molar-refractivity contribution is -0.132.